The van der Waals surface area contributed by atoms with Gasteiger partial charge in [0.05, 0.1) is 0 Å². The third-order valence-corrected chi connectivity index (χ3v) is 3.94. The van der Waals surface area contributed by atoms with Crippen LogP contribution in [0, 0.1) is 0 Å². The highest BCUT2D eigenvalue weighted by atomic mass is 16.5. The van der Waals surface area contributed by atoms with Crippen LogP contribution in [0.4, 0.5) is 0 Å². The Morgan fingerprint density at radius 1 is 1.45 bits per heavy atom. The van der Waals surface area contributed by atoms with Gasteiger partial charge in [-0.2, -0.15) is 0 Å². The molecule has 0 unspecified atom stereocenters. The molecule has 7 heteroatoms. The summed E-state index contributed by atoms with van der Waals surface area (Å²) in [6, 6.07) is 2.31. The molecule has 0 spiro atoms. The van der Waals surface area contributed by atoms with Crippen molar-refractivity contribution in [1.82, 2.24) is 20.3 Å². The molecule has 1 amide bonds. The zero-order valence-corrected chi connectivity index (χ0v) is 11.7. The summed E-state index contributed by atoms with van der Waals surface area (Å²) in [4.78, 5) is 16.6. The summed E-state index contributed by atoms with van der Waals surface area (Å²) < 4.78 is 10.0. The quantitative estimate of drug-likeness (QED) is 0.805. The van der Waals surface area contributed by atoms with E-state index in [0.717, 1.165) is 39.3 Å². The number of nitrogens with zero attached hydrogens (tertiary/aromatic N) is 3. The number of carbonyl (C=O) groups excluding carboxylic acids is 1. The van der Waals surface area contributed by atoms with Crippen molar-refractivity contribution in [1.29, 1.82) is 0 Å². The number of aromatic nitrogens is 1. The van der Waals surface area contributed by atoms with Gasteiger partial charge in [0.2, 0.25) is 0 Å². The van der Waals surface area contributed by atoms with Crippen molar-refractivity contribution < 1.29 is 14.1 Å². The van der Waals surface area contributed by atoms with Crippen molar-refractivity contribution in [3.8, 4) is 0 Å². The molecule has 7 nitrogen and oxygen atoms in total. The van der Waals surface area contributed by atoms with Crippen LogP contribution in [-0.4, -0.2) is 73.3 Å². The summed E-state index contributed by atoms with van der Waals surface area (Å²) in [7, 11) is 1.58. The Balaban J connectivity index is 1.54. The van der Waals surface area contributed by atoms with Crippen molar-refractivity contribution in [3.05, 3.63) is 17.5 Å². The van der Waals surface area contributed by atoms with E-state index in [2.05, 4.69) is 15.4 Å². The zero-order valence-electron chi connectivity index (χ0n) is 11.7. The summed E-state index contributed by atoms with van der Waals surface area (Å²) in [5.74, 6) is 0.525. The first kappa shape index (κ1) is 13.5. The minimum Gasteiger partial charge on any atom is -0.377 e. The molecule has 2 aliphatic rings. The summed E-state index contributed by atoms with van der Waals surface area (Å²) in [6.07, 6.45) is 0. The molecule has 3 rings (SSSR count). The summed E-state index contributed by atoms with van der Waals surface area (Å²) >= 11 is 0. The third kappa shape index (κ3) is 2.70. The van der Waals surface area contributed by atoms with Crippen LogP contribution >= 0.6 is 0 Å². The predicted octanol–water partition coefficient (Wildman–Crippen LogP) is -0.449. The van der Waals surface area contributed by atoms with Gasteiger partial charge < -0.3 is 19.5 Å². The van der Waals surface area contributed by atoms with Crippen LogP contribution in [0.1, 0.15) is 16.2 Å². The van der Waals surface area contributed by atoms with Crippen LogP contribution < -0.4 is 5.32 Å². The van der Waals surface area contributed by atoms with E-state index in [4.69, 9.17) is 9.26 Å². The second kappa shape index (κ2) is 5.90. The number of rotatable bonds is 4. The van der Waals surface area contributed by atoms with E-state index >= 15 is 0 Å². The second-order valence-corrected chi connectivity index (χ2v) is 5.25. The lowest BCUT2D eigenvalue weighted by Crippen LogP contribution is -2.62. The van der Waals surface area contributed by atoms with Crippen molar-refractivity contribution in [2.45, 2.75) is 12.6 Å². The molecule has 0 aromatic carbocycles. The molecule has 3 heterocycles. The summed E-state index contributed by atoms with van der Waals surface area (Å²) in [5, 5.41) is 7.10. The number of ether oxygens (including phenoxy) is 1. The van der Waals surface area contributed by atoms with Crippen LogP contribution in [0.25, 0.3) is 0 Å². The lowest BCUT2D eigenvalue weighted by molar-refractivity contribution is 0.0493. The molecular formula is C13H20N4O3. The Hall–Kier alpha value is -1.44. The first-order valence-corrected chi connectivity index (χ1v) is 6.96. The van der Waals surface area contributed by atoms with E-state index in [-0.39, 0.29) is 5.91 Å². The monoisotopic (exact) mass is 280 g/mol. The lowest BCUT2D eigenvalue weighted by atomic mass is 10.1. The summed E-state index contributed by atoms with van der Waals surface area (Å²) in [6.45, 7) is 5.84. The Bertz CT molecular complexity index is 464. The van der Waals surface area contributed by atoms with Gasteiger partial charge in [-0.3, -0.25) is 9.69 Å². The predicted molar refractivity (Wildman–Crippen MR) is 71.4 cm³/mol. The minimum atomic E-state index is -0.0533. The molecule has 2 fully saturated rings. The molecule has 1 aromatic rings. The Morgan fingerprint density at radius 2 is 2.20 bits per heavy atom. The van der Waals surface area contributed by atoms with Crippen LogP contribution in [-0.2, 0) is 11.3 Å². The highest BCUT2D eigenvalue weighted by Crippen LogP contribution is 2.13. The van der Waals surface area contributed by atoms with E-state index in [0.29, 0.717) is 24.1 Å². The van der Waals surface area contributed by atoms with E-state index in [9.17, 15) is 4.79 Å². The number of nitrogens with one attached hydrogen (secondary N) is 1. The van der Waals surface area contributed by atoms with E-state index < -0.39 is 0 Å². The first-order chi connectivity index (χ1) is 9.78. The van der Waals surface area contributed by atoms with E-state index in [1.807, 2.05) is 4.90 Å². The highest BCUT2D eigenvalue weighted by molar-refractivity contribution is 5.92. The molecule has 0 bridgehead atoms. The molecule has 1 N–H and O–H groups in total. The van der Waals surface area contributed by atoms with Crippen LogP contribution in [0.3, 0.4) is 0 Å². The zero-order chi connectivity index (χ0) is 13.9. The van der Waals surface area contributed by atoms with Crippen molar-refractivity contribution in [3.63, 3.8) is 0 Å². The van der Waals surface area contributed by atoms with Gasteiger partial charge >= 0.3 is 0 Å². The van der Waals surface area contributed by atoms with Gasteiger partial charge in [0.15, 0.2) is 11.5 Å². The second-order valence-electron chi connectivity index (χ2n) is 5.25. The van der Waals surface area contributed by atoms with Crippen LogP contribution in [0.15, 0.2) is 10.6 Å². The maximum Gasteiger partial charge on any atom is 0.276 e. The van der Waals surface area contributed by atoms with Crippen molar-refractivity contribution >= 4 is 5.91 Å². The topological polar surface area (TPSA) is 70.8 Å². The van der Waals surface area contributed by atoms with Crippen molar-refractivity contribution in [2.75, 3.05) is 46.4 Å². The van der Waals surface area contributed by atoms with E-state index in [1.165, 1.54) is 0 Å². The van der Waals surface area contributed by atoms with E-state index in [1.54, 1.807) is 13.2 Å². The average Bonchev–Trinajstić information content (AvgIpc) is 2.86. The van der Waals surface area contributed by atoms with Crippen LogP contribution in [0.5, 0.6) is 0 Å². The van der Waals surface area contributed by atoms with Gasteiger partial charge in [0.25, 0.3) is 5.91 Å². The largest absolute Gasteiger partial charge is 0.377 e. The molecule has 1 aromatic heterocycles. The Kier molecular flexibility index (Phi) is 4.00. The fourth-order valence-corrected chi connectivity index (χ4v) is 2.61. The Morgan fingerprint density at radius 3 is 2.80 bits per heavy atom. The normalized spacial score (nSPS) is 20.9. The first-order valence-electron chi connectivity index (χ1n) is 6.96. The molecule has 2 aliphatic heterocycles. The fourth-order valence-electron chi connectivity index (χ4n) is 2.61. The molecule has 0 atom stereocenters. The average molecular weight is 280 g/mol. The lowest BCUT2D eigenvalue weighted by Gasteiger charge is -2.43. The molecule has 0 aliphatic carbocycles. The molecule has 110 valence electrons. The number of hydrogen-bond donors (Lipinski definition) is 1. The SMILES string of the molecule is COCc1cc(C(=O)N2CCN(C3CNC3)CC2)no1. The molecule has 20 heavy (non-hydrogen) atoms. The Labute approximate surface area is 117 Å². The standard InChI is InChI=1S/C13H20N4O3/c1-19-9-11-6-12(15-20-11)13(18)17-4-2-16(3-5-17)10-7-14-8-10/h6,10,14H,2-5,7-9H2,1H3. The molecule has 0 saturated carbocycles. The number of piperazine rings is 1. The smallest absolute Gasteiger partial charge is 0.276 e. The van der Waals surface area contributed by atoms with Gasteiger partial charge in [0, 0.05) is 58.5 Å². The summed E-state index contributed by atoms with van der Waals surface area (Å²) in [5.41, 5.74) is 0.371. The minimum absolute atomic E-state index is 0.0533. The van der Waals surface area contributed by atoms with Gasteiger partial charge in [-0.1, -0.05) is 5.16 Å². The van der Waals surface area contributed by atoms with Gasteiger partial charge in [0.1, 0.15) is 6.61 Å². The maximum absolute atomic E-state index is 12.3. The number of carbonyl (C=O) groups is 1. The number of amides is 1. The molecular weight excluding hydrogens is 260 g/mol. The number of hydrogen-bond acceptors (Lipinski definition) is 6. The fraction of sp³-hybridized carbons (Fsp3) is 0.692. The maximum atomic E-state index is 12.3. The van der Waals surface area contributed by atoms with Crippen molar-refractivity contribution in [2.24, 2.45) is 0 Å². The van der Waals surface area contributed by atoms with Gasteiger partial charge in [-0.05, 0) is 0 Å². The molecule has 2 saturated heterocycles. The third-order valence-electron chi connectivity index (χ3n) is 3.94. The molecule has 0 radical (unpaired) electrons. The van der Waals surface area contributed by atoms with Gasteiger partial charge in [-0.25, -0.2) is 0 Å². The van der Waals surface area contributed by atoms with Crippen LogP contribution in [0.2, 0.25) is 0 Å². The van der Waals surface area contributed by atoms with Gasteiger partial charge in [-0.15, -0.1) is 0 Å². The highest BCUT2D eigenvalue weighted by Gasteiger charge is 2.30. The number of methoxy groups -OCH3 is 1.